The van der Waals surface area contributed by atoms with E-state index >= 15 is 4.79 Å². The minimum absolute atomic E-state index is 0.136. The molecule has 3 unspecified atom stereocenters. The van der Waals surface area contributed by atoms with E-state index in [1.165, 1.54) is 27.2 Å². The smallest absolute Gasteiger partial charge is 0.344 e. The van der Waals surface area contributed by atoms with Gasteiger partial charge < -0.3 is 43.8 Å². The fourth-order valence-corrected chi connectivity index (χ4v) is 14.5. The number of nitrogens with zero attached hydrogens (tertiary/aromatic N) is 3. The lowest BCUT2D eigenvalue weighted by atomic mass is 9.47. The maximum absolute atomic E-state index is 15.6. The summed E-state index contributed by atoms with van der Waals surface area (Å²) in [6.45, 7) is 10.4. The zero-order valence-corrected chi connectivity index (χ0v) is 39.6. The molecule has 0 radical (unpaired) electrons. The molecule has 2 bridgehead atoms. The topological polar surface area (TPSA) is 180 Å². The number of aromatic nitrogens is 1. The van der Waals surface area contributed by atoms with Gasteiger partial charge in [-0.2, -0.15) is 0 Å². The molecule has 15 nitrogen and oxygen atoms in total. The summed E-state index contributed by atoms with van der Waals surface area (Å²) in [5.41, 5.74) is -1.74. The highest BCUT2D eigenvalue weighted by molar-refractivity contribution is 5.94. The standard InChI is InChI=1S/C51H66N4O11/c1-9-47(60)26-32-27-50(45(58)63-7,41-33(17-21-54(28-32)29-47)34-23-31(13-15-37(34)52-41)14-16-40(57)65-11-3)36-24-35-38(25-39(36)62-6)53(5)43-49(35)19-22-55-20-12-18-48(10-2,42(49)55)44(66-30(4)56)51(43,61)46(59)64-8/h12-16,18,23-25,32,36,39,42-44,52,60-61H,9-11,17,19-22,26-29H2,1-8H3/b16-14+/t32-,36?,39?,42+,43-,44-,47+,48-,49-,50+,51+/m1/s1. The molecule has 1 spiro atoms. The number of fused-ring (bicyclic) bond motifs is 6. The lowest BCUT2D eigenvalue weighted by molar-refractivity contribution is -0.243. The largest absolute Gasteiger partial charge is 0.468 e. The van der Waals surface area contributed by atoms with E-state index in [0.29, 0.717) is 76.9 Å². The third-order valence-corrected chi connectivity index (χ3v) is 16.8. The molecule has 15 heteroatoms. The number of carbonyl (C=O) groups is 4. The first-order valence-corrected chi connectivity index (χ1v) is 23.7. The molecule has 9 rings (SSSR count). The Morgan fingerprint density at radius 1 is 0.970 bits per heavy atom. The van der Waals surface area contributed by atoms with E-state index in [9.17, 15) is 24.6 Å². The van der Waals surface area contributed by atoms with Crippen molar-refractivity contribution in [1.29, 1.82) is 0 Å². The van der Waals surface area contributed by atoms with Crippen LogP contribution in [0.25, 0.3) is 17.0 Å². The van der Waals surface area contributed by atoms with Crippen molar-refractivity contribution in [2.75, 3.05) is 67.7 Å². The Bertz CT molecular complexity index is 2440. The number of likely N-dealkylation sites (tertiary alicyclic amines) is 1. The molecule has 5 aliphatic heterocycles. The van der Waals surface area contributed by atoms with Crippen LogP contribution in [0.2, 0.25) is 0 Å². The Morgan fingerprint density at radius 2 is 1.74 bits per heavy atom. The second-order valence-electron chi connectivity index (χ2n) is 19.9. The molecule has 12 atom stereocenters. The first kappa shape index (κ1) is 46.3. The normalized spacial score (nSPS) is 37.9. The van der Waals surface area contributed by atoms with Crippen molar-refractivity contribution in [3.8, 4) is 0 Å². The van der Waals surface area contributed by atoms with Gasteiger partial charge in [0.2, 0.25) is 5.60 Å². The molecule has 3 saturated heterocycles. The molecule has 66 heavy (non-hydrogen) atoms. The van der Waals surface area contributed by atoms with Crippen LogP contribution in [0.3, 0.4) is 0 Å². The van der Waals surface area contributed by atoms with E-state index in [4.69, 9.17) is 23.7 Å². The highest BCUT2D eigenvalue weighted by Crippen LogP contribution is 2.70. The second kappa shape index (κ2) is 16.8. The first-order chi connectivity index (χ1) is 31.5. The summed E-state index contributed by atoms with van der Waals surface area (Å²) in [4.78, 5) is 66.1. The van der Waals surface area contributed by atoms with Crippen LogP contribution in [0.15, 0.2) is 59.8 Å². The molecule has 6 heterocycles. The van der Waals surface area contributed by atoms with Crippen LogP contribution in [0, 0.1) is 22.7 Å². The number of benzene rings is 1. The van der Waals surface area contributed by atoms with Gasteiger partial charge in [-0.05, 0) is 98.9 Å². The Kier molecular flexibility index (Phi) is 11.8. The number of aliphatic hydroxyl groups is 2. The molecule has 7 aliphatic rings. The van der Waals surface area contributed by atoms with E-state index < -0.39 is 75.5 Å². The van der Waals surface area contributed by atoms with E-state index in [2.05, 4.69) is 20.9 Å². The van der Waals surface area contributed by atoms with Gasteiger partial charge in [0.1, 0.15) is 5.41 Å². The van der Waals surface area contributed by atoms with Crippen molar-refractivity contribution in [2.24, 2.45) is 22.7 Å². The average molecular weight is 911 g/mol. The number of hydrogen-bond donors (Lipinski definition) is 3. The molecular formula is C51H66N4O11. The van der Waals surface area contributed by atoms with E-state index in [0.717, 1.165) is 33.3 Å². The maximum Gasteiger partial charge on any atom is 0.344 e. The van der Waals surface area contributed by atoms with E-state index in [-0.39, 0.29) is 18.6 Å². The number of methoxy groups -OCH3 is 3. The molecule has 1 aromatic carbocycles. The van der Waals surface area contributed by atoms with E-state index in [1.54, 1.807) is 20.1 Å². The number of ether oxygens (including phenoxy) is 5. The number of piperidine rings is 1. The molecule has 2 aliphatic carbocycles. The van der Waals surface area contributed by atoms with Gasteiger partial charge in [0.05, 0.1) is 38.6 Å². The van der Waals surface area contributed by atoms with Crippen LogP contribution in [0.4, 0.5) is 0 Å². The zero-order valence-electron chi connectivity index (χ0n) is 39.6. The molecule has 1 saturated carbocycles. The molecule has 4 fully saturated rings. The Morgan fingerprint density at radius 3 is 2.42 bits per heavy atom. The van der Waals surface area contributed by atoms with Gasteiger partial charge in [-0.3, -0.25) is 19.4 Å². The molecule has 356 valence electrons. The summed E-state index contributed by atoms with van der Waals surface area (Å²) in [7, 11) is 6.18. The number of nitrogens with one attached hydrogen (secondary N) is 1. The second-order valence-corrected chi connectivity index (χ2v) is 19.9. The fraction of sp³-hybridized carbons (Fsp3) is 0.608. The molecule has 0 amide bonds. The Hall–Kier alpha value is -4.80. The van der Waals surface area contributed by atoms with Crippen molar-refractivity contribution in [1.82, 2.24) is 19.7 Å². The number of esters is 4. The van der Waals surface area contributed by atoms with Crippen molar-refractivity contribution >= 4 is 40.9 Å². The van der Waals surface area contributed by atoms with Crippen molar-refractivity contribution < 1.29 is 53.1 Å². The summed E-state index contributed by atoms with van der Waals surface area (Å²) in [5.74, 6) is -3.22. The van der Waals surface area contributed by atoms with Crippen molar-refractivity contribution in [2.45, 2.75) is 107 Å². The highest BCUT2D eigenvalue weighted by Gasteiger charge is 2.81. The average Bonchev–Trinajstić information content (AvgIpc) is 3.97. The van der Waals surface area contributed by atoms with Gasteiger partial charge in [0.25, 0.3) is 0 Å². The third kappa shape index (κ3) is 6.53. The van der Waals surface area contributed by atoms with Gasteiger partial charge in [0, 0.05) is 98.4 Å². The minimum atomic E-state index is -2.32. The number of aromatic amines is 1. The summed E-state index contributed by atoms with van der Waals surface area (Å²) in [6, 6.07) is 4.66. The maximum atomic E-state index is 15.6. The molecule has 1 aromatic heterocycles. The summed E-state index contributed by atoms with van der Waals surface area (Å²) in [6.07, 6.45) is 12.4. The molecular weight excluding hydrogens is 845 g/mol. The van der Waals surface area contributed by atoms with Gasteiger partial charge in [-0.15, -0.1) is 0 Å². The van der Waals surface area contributed by atoms with Crippen molar-refractivity contribution in [3.05, 3.63) is 76.7 Å². The lowest BCUT2D eigenvalue weighted by Crippen LogP contribution is -2.79. The Labute approximate surface area is 386 Å². The lowest BCUT2D eigenvalue weighted by Gasteiger charge is -2.63. The van der Waals surface area contributed by atoms with Gasteiger partial charge in [-0.1, -0.05) is 38.1 Å². The number of allylic oxidation sites excluding steroid dienone is 1. The Balaban J connectivity index is 1.31. The predicted molar refractivity (Wildman–Crippen MR) is 245 cm³/mol. The van der Waals surface area contributed by atoms with E-state index in [1.807, 2.05) is 62.2 Å². The quantitative estimate of drug-likeness (QED) is 0.134. The predicted octanol–water partition coefficient (Wildman–Crippen LogP) is 4.21. The monoisotopic (exact) mass is 910 g/mol. The number of carbonyl (C=O) groups excluding carboxylic acids is 4. The number of hydrogen-bond acceptors (Lipinski definition) is 14. The van der Waals surface area contributed by atoms with Crippen LogP contribution in [0.5, 0.6) is 0 Å². The first-order valence-electron chi connectivity index (χ1n) is 23.7. The van der Waals surface area contributed by atoms with Gasteiger partial charge in [-0.25, -0.2) is 9.59 Å². The summed E-state index contributed by atoms with van der Waals surface area (Å²) < 4.78 is 29.4. The fourth-order valence-electron chi connectivity index (χ4n) is 14.5. The van der Waals surface area contributed by atoms with Crippen LogP contribution in [0.1, 0.15) is 76.6 Å². The third-order valence-electron chi connectivity index (χ3n) is 16.8. The van der Waals surface area contributed by atoms with Crippen LogP contribution in [-0.2, 0) is 54.7 Å². The zero-order chi connectivity index (χ0) is 47.1. The SMILES string of the molecule is CCOC(=O)/C=C/c1ccc2[nH]c3c(c2c1)CCN1C[C@H](C[C@@](O)(CC)C1)C[C@]3(C(=O)OC)C1C=C2C(=CC1OC)N(C)[C@H]1[C@@](O)(C(=O)OC)[C@H](OC(C)=O)[C@]3(CC)C=CCN4CC[C@]21[C@@H]43. The molecule has 2 aromatic rings. The molecule has 3 N–H and O–H groups in total. The minimum Gasteiger partial charge on any atom is -0.468 e. The number of likely N-dealkylation sites (N-methyl/N-ethyl adjacent to an activating group) is 1. The van der Waals surface area contributed by atoms with Crippen LogP contribution >= 0.6 is 0 Å². The van der Waals surface area contributed by atoms with Crippen LogP contribution in [-0.4, -0.2) is 157 Å². The summed E-state index contributed by atoms with van der Waals surface area (Å²) in [5, 5.41) is 26.5. The summed E-state index contributed by atoms with van der Waals surface area (Å²) >= 11 is 0. The number of H-pyrrole nitrogens is 1. The van der Waals surface area contributed by atoms with Gasteiger partial charge in [0.15, 0.2) is 6.10 Å². The van der Waals surface area contributed by atoms with Crippen LogP contribution < -0.4 is 0 Å². The van der Waals surface area contributed by atoms with Crippen molar-refractivity contribution in [3.63, 3.8) is 0 Å². The number of rotatable bonds is 10. The highest BCUT2D eigenvalue weighted by atomic mass is 16.6. The van der Waals surface area contributed by atoms with Gasteiger partial charge >= 0.3 is 23.9 Å².